The molecule has 2 atom stereocenters. The van der Waals surface area contributed by atoms with Gasteiger partial charge in [-0.2, -0.15) is 0 Å². The molecule has 1 fully saturated rings. The molecule has 1 aliphatic carbocycles. The average molecular weight is 186 g/mol. The lowest BCUT2D eigenvalue weighted by Gasteiger charge is -2.35. The van der Waals surface area contributed by atoms with Gasteiger partial charge >= 0.3 is 5.97 Å². The lowest BCUT2D eigenvalue weighted by atomic mass is 9.72. The first-order valence-electron chi connectivity index (χ1n) is 4.74. The van der Waals surface area contributed by atoms with E-state index in [9.17, 15) is 9.90 Å². The van der Waals surface area contributed by atoms with Crippen molar-refractivity contribution in [2.75, 3.05) is 0 Å². The molecule has 0 aliphatic heterocycles. The van der Waals surface area contributed by atoms with Crippen molar-refractivity contribution >= 4 is 5.97 Å². The van der Waals surface area contributed by atoms with Crippen molar-refractivity contribution in [1.82, 2.24) is 0 Å². The number of hydrogen-bond donors (Lipinski definition) is 2. The standard InChI is InChI=1S/C10H18O3/c1-9(2)6-4-5-7(9)10(3,13)8(11)12/h7,13H,4-6H2,1-3H3,(H,11,12). The second-order valence-corrected chi connectivity index (χ2v) is 4.89. The molecule has 0 heterocycles. The van der Waals surface area contributed by atoms with Gasteiger partial charge in [0, 0.05) is 5.92 Å². The van der Waals surface area contributed by atoms with Crippen LogP contribution in [0.1, 0.15) is 40.0 Å². The molecular formula is C10H18O3. The van der Waals surface area contributed by atoms with Crippen LogP contribution in [0.25, 0.3) is 0 Å². The summed E-state index contributed by atoms with van der Waals surface area (Å²) in [5.74, 6) is -1.23. The molecule has 1 aliphatic rings. The van der Waals surface area contributed by atoms with Gasteiger partial charge in [0.25, 0.3) is 0 Å². The van der Waals surface area contributed by atoms with E-state index in [1.54, 1.807) is 0 Å². The molecule has 13 heavy (non-hydrogen) atoms. The summed E-state index contributed by atoms with van der Waals surface area (Å²) in [4.78, 5) is 10.8. The molecule has 0 aromatic carbocycles. The summed E-state index contributed by atoms with van der Waals surface area (Å²) < 4.78 is 0. The Hall–Kier alpha value is -0.570. The Labute approximate surface area is 78.8 Å². The largest absolute Gasteiger partial charge is 0.479 e. The Bertz CT molecular complexity index is 218. The van der Waals surface area contributed by atoms with Crippen LogP contribution in [-0.4, -0.2) is 21.8 Å². The Morgan fingerprint density at radius 1 is 1.54 bits per heavy atom. The van der Waals surface area contributed by atoms with Crippen LogP contribution in [-0.2, 0) is 4.79 Å². The molecule has 3 heteroatoms. The van der Waals surface area contributed by atoms with Gasteiger partial charge < -0.3 is 10.2 Å². The van der Waals surface area contributed by atoms with Gasteiger partial charge in [0.15, 0.2) is 5.60 Å². The van der Waals surface area contributed by atoms with E-state index in [1.807, 2.05) is 13.8 Å². The number of aliphatic hydroxyl groups is 1. The van der Waals surface area contributed by atoms with Crippen molar-refractivity contribution < 1.29 is 15.0 Å². The number of carboxylic acid groups (broad SMARTS) is 1. The van der Waals surface area contributed by atoms with Gasteiger partial charge in [-0.05, 0) is 25.2 Å². The van der Waals surface area contributed by atoms with E-state index in [1.165, 1.54) is 6.92 Å². The summed E-state index contributed by atoms with van der Waals surface area (Å²) in [5, 5.41) is 18.7. The first-order valence-corrected chi connectivity index (χ1v) is 4.74. The maximum absolute atomic E-state index is 10.8. The lowest BCUT2D eigenvalue weighted by Crippen LogP contribution is -2.46. The molecule has 0 bridgehead atoms. The molecule has 0 spiro atoms. The van der Waals surface area contributed by atoms with E-state index in [2.05, 4.69) is 0 Å². The average Bonchev–Trinajstić information content (AvgIpc) is 2.29. The molecule has 1 rings (SSSR count). The predicted octanol–water partition coefficient (Wildman–Crippen LogP) is 1.65. The fourth-order valence-electron chi connectivity index (χ4n) is 2.52. The Morgan fingerprint density at radius 2 is 2.08 bits per heavy atom. The SMILES string of the molecule is CC1(C)CCCC1C(C)(O)C(=O)O. The Balaban J connectivity index is 2.88. The molecule has 2 unspecified atom stereocenters. The first-order chi connectivity index (χ1) is 5.78. The number of carboxylic acids is 1. The fraction of sp³-hybridized carbons (Fsp3) is 0.900. The van der Waals surface area contributed by atoms with Gasteiger partial charge in [-0.25, -0.2) is 4.79 Å². The maximum Gasteiger partial charge on any atom is 0.335 e. The van der Waals surface area contributed by atoms with Crippen LogP contribution in [0.4, 0.5) is 0 Å². The third-order valence-electron chi connectivity index (χ3n) is 3.37. The van der Waals surface area contributed by atoms with Crippen molar-refractivity contribution in [2.24, 2.45) is 11.3 Å². The zero-order valence-corrected chi connectivity index (χ0v) is 8.50. The van der Waals surface area contributed by atoms with E-state index >= 15 is 0 Å². The van der Waals surface area contributed by atoms with Crippen LogP contribution in [0.2, 0.25) is 0 Å². The Kier molecular flexibility index (Phi) is 2.41. The normalized spacial score (nSPS) is 31.2. The molecule has 0 aromatic rings. The summed E-state index contributed by atoms with van der Waals surface area (Å²) in [7, 11) is 0. The zero-order valence-electron chi connectivity index (χ0n) is 8.50. The third kappa shape index (κ3) is 1.70. The third-order valence-corrected chi connectivity index (χ3v) is 3.37. The van der Waals surface area contributed by atoms with Crippen LogP contribution in [0.5, 0.6) is 0 Å². The van der Waals surface area contributed by atoms with Crippen molar-refractivity contribution in [3.8, 4) is 0 Å². The first kappa shape index (κ1) is 10.5. The smallest absolute Gasteiger partial charge is 0.335 e. The molecule has 2 N–H and O–H groups in total. The van der Waals surface area contributed by atoms with Crippen molar-refractivity contribution in [2.45, 2.75) is 45.6 Å². The van der Waals surface area contributed by atoms with Crippen LogP contribution in [0.15, 0.2) is 0 Å². The quantitative estimate of drug-likeness (QED) is 0.689. The van der Waals surface area contributed by atoms with Crippen LogP contribution >= 0.6 is 0 Å². The molecule has 3 nitrogen and oxygen atoms in total. The van der Waals surface area contributed by atoms with Gasteiger partial charge in [0.2, 0.25) is 0 Å². The van der Waals surface area contributed by atoms with Gasteiger partial charge in [-0.3, -0.25) is 0 Å². The maximum atomic E-state index is 10.8. The second kappa shape index (κ2) is 2.98. The highest BCUT2D eigenvalue weighted by Gasteiger charge is 2.49. The second-order valence-electron chi connectivity index (χ2n) is 4.89. The van der Waals surface area contributed by atoms with Gasteiger partial charge in [0.05, 0.1) is 0 Å². The number of carbonyl (C=O) groups is 1. The topological polar surface area (TPSA) is 57.5 Å². The summed E-state index contributed by atoms with van der Waals surface area (Å²) in [6.07, 6.45) is 2.83. The van der Waals surface area contributed by atoms with Gasteiger partial charge in [0.1, 0.15) is 0 Å². The molecule has 0 saturated heterocycles. The molecule has 76 valence electrons. The minimum atomic E-state index is -1.57. The predicted molar refractivity (Wildman–Crippen MR) is 49.4 cm³/mol. The highest BCUT2D eigenvalue weighted by atomic mass is 16.4. The van der Waals surface area contributed by atoms with Gasteiger partial charge in [-0.1, -0.05) is 20.3 Å². The fourth-order valence-corrected chi connectivity index (χ4v) is 2.52. The number of hydrogen-bond acceptors (Lipinski definition) is 2. The van der Waals surface area contributed by atoms with Crippen molar-refractivity contribution in [3.63, 3.8) is 0 Å². The molecule has 0 amide bonds. The van der Waals surface area contributed by atoms with E-state index in [4.69, 9.17) is 5.11 Å². The van der Waals surface area contributed by atoms with E-state index in [0.717, 1.165) is 19.3 Å². The molecule has 0 aromatic heterocycles. The minimum Gasteiger partial charge on any atom is -0.479 e. The van der Waals surface area contributed by atoms with E-state index in [0.29, 0.717) is 0 Å². The molecule has 1 saturated carbocycles. The lowest BCUT2D eigenvalue weighted by molar-refractivity contribution is -0.166. The zero-order chi connectivity index (χ0) is 10.3. The summed E-state index contributed by atoms with van der Waals surface area (Å²) in [6, 6.07) is 0. The van der Waals surface area contributed by atoms with E-state index in [-0.39, 0.29) is 11.3 Å². The van der Waals surface area contributed by atoms with Crippen LogP contribution in [0, 0.1) is 11.3 Å². The number of rotatable bonds is 2. The van der Waals surface area contributed by atoms with Crippen LogP contribution < -0.4 is 0 Å². The van der Waals surface area contributed by atoms with Crippen molar-refractivity contribution in [1.29, 1.82) is 0 Å². The Morgan fingerprint density at radius 3 is 2.38 bits per heavy atom. The van der Waals surface area contributed by atoms with Crippen LogP contribution in [0.3, 0.4) is 0 Å². The van der Waals surface area contributed by atoms with Crippen molar-refractivity contribution in [3.05, 3.63) is 0 Å². The summed E-state index contributed by atoms with van der Waals surface area (Å²) in [6.45, 7) is 5.47. The number of aliphatic carboxylic acids is 1. The van der Waals surface area contributed by atoms with Gasteiger partial charge in [-0.15, -0.1) is 0 Å². The monoisotopic (exact) mass is 186 g/mol. The molecular weight excluding hydrogens is 168 g/mol. The minimum absolute atomic E-state index is 0.0537. The highest BCUT2D eigenvalue weighted by molar-refractivity contribution is 5.77. The molecule has 0 radical (unpaired) electrons. The summed E-state index contributed by atoms with van der Waals surface area (Å²) in [5.41, 5.74) is -1.62. The summed E-state index contributed by atoms with van der Waals surface area (Å²) >= 11 is 0. The highest BCUT2D eigenvalue weighted by Crippen LogP contribution is 2.47. The van der Waals surface area contributed by atoms with E-state index < -0.39 is 11.6 Å².